The molecule has 1 aliphatic heterocycles. The molecule has 4 rings (SSSR count). The van der Waals surface area contributed by atoms with Crippen LogP contribution in [0.15, 0.2) is 41.4 Å². The lowest BCUT2D eigenvalue weighted by atomic mass is 9.96. The van der Waals surface area contributed by atoms with Crippen LogP contribution < -0.4 is 9.62 Å². The van der Waals surface area contributed by atoms with Crippen molar-refractivity contribution in [3.8, 4) is 0 Å². The summed E-state index contributed by atoms with van der Waals surface area (Å²) in [5.74, 6) is -0.00427. The Bertz CT molecular complexity index is 1320. The second-order valence-corrected chi connectivity index (χ2v) is 9.49. The Balaban J connectivity index is 1.69. The molecule has 0 spiro atoms. The van der Waals surface area contributed by atoms with Crippen molar-refractivity contribution in [3.05, 3.63) is 58.0 Å². The van der Waals surface area contributed by atoms with E-state index in [4.69, 9.17) is 0 Å². The van der Waals surface area contributed by atoms with E-state index in [1.54, 1.807) is 4.90 Å². The molecule has 14 heteroatoms. The van der Waals surface area contributed by atoms with Crippen LogP contribution in [0.5, 0.6) is 0 Å². The van der Waals surface area contributed by atoms with Gasteiger partial charge in [0.05, 0.1) is 15.4 Å². The topological polar surface area (TPSA) is 123 Å². The lowest BCUT2D eigenvalue weighted by Crippen LogP contribution is -2.35. The highest BCUT2D eigenvalue weighted by atomic mass is 32.2. The summed E-state index contributed by atoms with van der Waals surface area (Å²) in [6, 6.07) is 5.82. The molecule has 0 saturated carbocycles. The largest absolute Gasteiger partial charge is 0.417 e. The summed E-state index contributed by atoms with van der Waals surface area (Å²) in [4.78, 5) is 12.5. The molecule has 1 unspecified atom stereocenters. The van der Waals surface area contributed by atoms with Crippen LogP contribution in [0.2, 0.25) is 0 Å². The molecule has 0 radical (unpaired) electrons. The van der Waals surface area contributed by atoms with Crippen molar-refractivity contribution in [2.75, 3.05) is 25.0 Å². The molecule has 33 heavy (non-hydrogen) atoms. The van der Waals surface area contributed by atoms with Gasteiger partial charge >= 0.3 is 6.18 Å². The maximum absolute atomic E-state index is 13.2. The van der Waals surface area contributed by atoms with Gasteiger partial charge in [0.15, 0.2) is 5.65 Å². The van der Waals surface area contributed by atoms with Gasteiger partial charge in [-0.25, -0.2) is 13.1 Å². The predicted octanol–water partition coefficient (Wildman–Crippen LogP) is 2.95. The molecule has 1 aromatic carbocycles. The van der Waals surface area contributed by atoms with Crippen LogP contribution in [-0.4, -0.2) is 48.1 Å². The normalized spacial score (nSPS) is 17.5. The molecule has 0 aliphatic carbocycles. The lowest BCUT2D eigenvalue weighted by Gasteiger charge is -2.33. The standard InChI is InChI=1S/C19H19F3N6O4S/c1-23-33(31,32)14-5-6-15(16(9-14)28(29)30)26-8-2-3-12(10-26)18-25-24-17-7-4-13(11-27(17)18)19(20,21)22/h4-7,9,11-12,23H,2-3,8,10H2,1H3. The SMILES string of the molecule is CNS(=O)(=O)c1ccc(N2CCCC(c3nnc4ccc(C(F)(F)F)cn34)C2)c([N+](=O)[O-])c1. The minimum atomic E-state index is -4.52. The molecular weight excluding hydrogens is 465 g/mol. The van der Waals surface area contributed by atoms with Gasteiger partial charge in [0.25, 0.3) is 5.69 Å². The molecule has 0 amide bonds. The van der Waals surface area contributed by atoms with E-state index >= 15 is 0 Å². The Kier molecular flexibility index (Phi) is 5.74. The van der Waals surface area contributed by atoms with Crippen molar-refractivity contribution in [2.45, 2.75) is 29.8 Å². The Morgan fingerprint density at radius 1 is 1.21 bits per heavy atom. The zero-order valence-corrected chi connectivity index (χ0v) is 18.1. The Morgan fingerprint density at radius 3 is 2.64 bits per heavy atom. The van der Waals surface area contributed by atoms with E-state index in [1.807, 2.05) is 0 Å². The van der Waals surface area contributed by atoms with Gasteiger partial charge in [0.2, 0.25) is 10.0 Å². The van der Waals surface area contributed by atoms with E-state index in [2.05, 4.69) is 14.9 Å². The quantitative estimate of drug-likeness (QED) is 0.436. The summed E-state index contributed by atoms with van der Waals surface area (Å²) >= 11 is 0. The number of halogens is 3. The second kappa shape index (κ2) is 8.26. The smallest absolute Gasteiger partial charge is 0.365 e. The maximum Gasteiger partial charge on any atom is 0.417 e. The summed E-state index contributed by atoms with van der Waals surface area (Å²) in [6.45, 7) is 0.704. The van der Waals surface area contributed by atoms with Gasteiger partial charge in [-0.3, -0.25) is 14.5 Å². The highest BCUT2D eigenvalue weighted by molar-refractivity contribution is 7.89. The first-order valence-corrected chi connectivity index (χ1v) is 11.4. The summed E-state index contributed by atoms with van der Waals surface area (Å²) in [5, 5.41) is 19.7. The third-order valence-electron chi connectivity index (χ3n) is 5.61. The van der Waals surface area contributed by atoms with Crippen LogP contribution in [0.25, 0.3) is 5.65 Å². The van der Waals surface area contributed by atoms with Crippen molar-refractivity contribution in [1.82, 2.24) is 19.3 Å². The number of hydrogen-bond donors (Lipinski definition) is 1. The van der Waals surface area contributed by atoms with Gasteiger partial charge in [-0.1, -0.05) is 0 Å². The number of pyridine rings is 1. The number of sulfonamides is 1. The van der Waals surface area contributed by atoms with Crippen molar-refractivity contribution >= 4 is 27.0 Å². The Hall–Kier alpha value is -3.26. The number of nitro benzene ring substituents is 1. The number of anilines is 1. The van der Waals surface area contributed by atoms with Crippen molar-refractivity contribution in [2.24, 2.45) is 0 Å². The molecule has 176 valence electrons. The highest BCUT2D eigenvalue weighted by Crippen LogP contribution is 2.36. The molecule has 3 aromatic rings. The van der Waals surface area contributed by atoms with Gasteiger partial charge in [-0.2, -0.15) is 13.2 Å². The van der Waals surface area contributed by atoms with E-state index in [0.29, 0.717) is 25.2 Å². The van der Waals surface area contributed by atoms with E-state index in [1.165, 1.54) is 29.6 Å². The molecule has 2 aromatic heterocycles. The number of nitro groups is 1. The van der Waals surface area contributed by atoms with Gasteiger partial charge < -0.3 is 4.90 Å². The van der Waals surface area contributed by atoms with Gasteiger partial charge in [0, 0.05) is 31.3 Å². The van der Waals surface area contributed by atoms with Gasteiger partial charge in [0.1, 0.15) is 11.5 Å². The number of benzene rings is 1. The zero-order chi connectivity index (χ0) is 24.0. The number of nitrogens with zero attached hydrogens (tertiary/aromatic N) is 5. The maximum atomic E-state index is 13.2. The number of hydrogen-bond acceptors (Lipinski definition) is 7. The predicted molar refractivity (Wildman–Crippen MR) is 112 cm³/mol. The lowest BCUT2D eigenvalue weighted by molar-refractivity contribution is -0.384. The molecule has 10 nitrogen and oxygen atoms in total. The number of piperidine rings is 1. The fourth-order valence-corrected chi connectivity index (χ4v) is 4.71. The van der Waals surface area contributed by atoms with E-state index in [0.717, 1.165) is 18.3 Å². The molecule has 1 saturated heterocycles. The molecule has 0 bridgehead atoms. The molecule has 1 atom stereocenters. The summed E-state index contributed by atoms with van der Waals surface area (Å²) in [7, 11) is -2.67. The number of rotatable bonds is 5. The molecular formula is C19H19F3N6O4S. The molecule has 1 fully saturated rings. The summed E-state index contributed by atoms with van der Waals surface area (Å²) in [5.41, 5.74) is -0.717. The van der Waals surface area contributed by atoms with Crippen LogP contribution in [0.3, 0.4) is 0 Å². The summed E-state index contributed by atoms with van der Waals surface area (Å²) in [6.07, 6.45) is -2.37. The van der Waals surface area contributed by atoms with E-state index < -0.39 is 26.7 Å². The van der Waals surface area contributed by atoms with Crippen molar-refractivity contribution in [1.29, 1.82) is 0 Å². The van der Waals surface area contributed by atoms with Gasteiger partial charge in [-0.15, -0.1) is 10.2 Å². The number of fused-ring (bicyclic) bond motifs is 1. The van der Waals surface area contributed by atoms with Crippen molar-refractivity contribution < 1.29 is 26.5 Å². The second-order valence-electron chi connectivity index (χ2n) is 7.60. The molecule has 1 aliphatic rings. The van der Waals surface area contributed by atoms with Crippen LogP contribution >= 0.6 is 0 Å². The number of nitrogens with one attached hydrogen (secondary N) is 1. The first-order valence-electron chi connectivity index (χ1n) is 9.90. The minimum Gasteiger partial charge on any atom is -0.365 e. The first kappa shape index (κ1) is 22.9. The van der Waals surface area contributed by atoms with Crippen LogP contribution in [0.4, 0.5) is 24.5 Å². The molecule has 3 heterocycles. The molecule has 1 N–H and O–H groups in total. The Labute approximate surface area is 186 Å². The van der Waals surface area contributed by atoms with Gasteiger partial charge in [-0.05, 0) is 44.2 Å². The minimum absolute atomic E-state index is 0.226. The van der Waals surface area contributed by atoms with Crippen molar-refractivity contribution in [3.63, 3.8) is 0 Å². The third-order valence-corrected chi connectivity index (χ3v) is 7.02. The van der Waals surface area contributed by atoms with E-state index in [-0.39, 0.29) is 34.4 Å². The number of alkyl halides is 3. The monoisotopic (exact) mass is 484 g/mol. The Morgan fingerprint density at radius 2 is 1.97 bits per heavy atom. The average molecular weight is 484 g/mol. The number of aromatic nitrogens is 3. The average Bonchev–Trinajstić information content (AvgIpc) is 3.21. The van der Waals surface area contributed by atoms with E-state index in [9.17, 15) is 31.7 Å². The van der Waals surface area contributed by atoms with Crippen LogP contribution in [0, 0.1) is 10.1 Å². The zero-order valence-electron chi connectivity index (χ0n) is 17.3. The van der Waals surface area contributed by atoms with Crippen LogP contribution in [0.1, 0.15) is 30.1 Å². The van der Waals surface area contributed by atoms with Crippen LogP contribution in [-0.2, 0) is 16.2 Å². The third kappa shape index (κ3) is 4.35. The summed E-state index contributed by atoms with van der Waals surface area (Å²) < 4.78 is 67.0. The fourth-order valence-electron chi connectivity index (χ4n) is 3.96. The highest BCUT2D eigenvalue weighted by Gasteiger charge is 2.33. The first-order chi connectivity index (χ1) is 15.5. The fraction of sp³-hybridized carbons (Fsp3) is 0.368.